The molecule has 198 valence electrons. The number of likely N-dealkylation sites (tertiary alicyclic amines) is 1. The van der Waals surface area contributed by atoms with Gasteiger partial charge >= 0.3 is 12.1 Å². The smallest absolute Gasteiger partial charge is 0.418 e. The Kier molecular flexibility index (Phi) is 8.03. The van der Waals surface area contributed by atoms with Crippen molar-refractivity contribution in [3.8, 4) is 0 Å². The van der Waals surface area contributed by atoms with E-state index < -0.39 is 47.9 Å². The van der Waals surface area contributed by atoms with Crippen LogP contribution in [-0.2, 0) is 26.9 Å². The molecular formula is C25H25ClF3N3O5. The van der Waals surface area contributed by atoms with Crippen LogP contribution < -0.4 is 0 Å². The lowest BCUT2D eigenvalue weighted by Gasteiger charge is -2.41. The Labute approximate surface area is 216 Å². The van der Waals surface area contributed by atoms with Crippen molar-refractivity contribution in [2.45, 2.75) is 31.5 Å². The molecule has 2 aliphatic rings. The van der Waals surface area contributed by atoms with Crippen LogP contribution >= 0.6 is 11.6 Å². The largest absolute Gasteiger partial charge is 0.480 e. The molecule has 1 fully saturated rings. The van der Waals surface area contributed by atoms with Gasteiger partial charge in [-0.2, -0.15) is 13.2 Å². The van der Waals surface area contributed by atoms with Gasteiger partial charge in [0.15, 0.2) is 0 Å². The number of alkyl halides is 3. The van der Waals surface area contributed by atoms with Crippen LogP contribution in [0.4, 0.5) is 13.2 Å². The van der Waals surface area contributed by atoms with Crippen molar-refractivity contribution < 1.29 is 37.4 Å². The summed E-state index contributed by atoms with van der Waals surface area (Å²) in [4.78, 5) is 44.2. The fourth-order valence-electron chi connectivity index (χ4n) is 4.93. The minimum absolute atomic E-state index is 0.0434. The molecule has 0 saturated carbocycles. The Morgan fingerprint density at radius 1 is 1.19 bits per heavy atom. The van der Waals surface area contributed by atoms with Crippen molar-refractivity contribution in [3.63, 3.8) is 0 Å². The number of fused-ring (bicyclic) bond motifs is 1. The van der Waals surface area contributed by atoms with Gasteiger partial charge in [-0.25, -0.2) is 4.79 Å². The second kappa shape index (κ2) is 11.1. The topological polar surface area (TPSA) is 100 Å². The fraction of sp³-hybridized carbons (Fsp3) is 0.440. The third-order valence-electron chi connectivity index (χ3n) is 6.62. The number of amides is 2. The lowest BCUT2D eigenvalue weighted by atomic mass is 9.89. The van der Waals surface area contributed by atoms with Gasteiger partial charge in [-0.1, -0.05) is 17.7 Å². The van der Waals surface area contributed by atoms with E-state index in [1.807, 2.05) is 0 Å². The van der Waals surface area contributed by atoms with E-state index in [1.165, 1.54) is 4.90 Å². The summed E-state index contributed by atoms with van der Waals surface area (Å²) in [6.45, 7) is -0.0823. The molecule has 12 heteroatoms. The average Bonchev–Trinajstić information content (AvgIpc) is 2.87. The van der Waals surface area contributed by atoms with Crippen molar-refractivity contribution in [2.75, 3.05) is 32.8 Å². The lowest BCUT2D eigenvalue weighted by Crippen LogP contribution is -2.50. The first-order chi connectivity index (χ1) is 17.6. The van der Waals surface area contributed by atoms with Crippen molar-refractivity contribution in [2.24, 2.45) is 5.92 Å². The first-order valence-electron chi connectivity index (χ1n) is 11.8. The quantitative estimate of drug-likeness (QED) is 0.599. The SMILES string of the molecule is O=C(O)COCC1c2ccc(Cl)cc2CCN1C(=O)C1CCCN(C(=O)c2ncccc2C(F)(F)F)C1. The Bertz CT molecular complexity index is 1190. The number of hydrogen-bond acceptors (Lipinski definition) is 5. The summed E-state index contributed by atoms with van der Waals surface area (Å²) in [6, 6.07) is 6.64. The van der Waals surface area contributed by atoms with Gasteiger partial charge in [-0.05, 0) is 54.7 Å². The monoisotopic (exact) mass is 539 g/mol. The van der Waals surface area contributed by atoms with Gasteiger partial charge in [0.1, 0.15) is 12.3 Å². The summed E-state index contributed by atoms with van der Waals surface area (Å²) >= 11 is 6.12. The summed E-state index contributed by atoms with van der Waals surface area (Å²) in [5, 5.41) is 9.50. The molecule has 2 aromatic rings. The highest BCUT2D eigenvalue weighted by Gasteiger charge is 2.40. The number of pyridine rings is 1. The molecule has 0 spiro atoms. The number of aromatic nitrogens is 1. The number of hydrogen-bond donors (Lipinski definition) is 1. The Morgan fingerprint density at radius 3 is 2.70 bits per heavy atom. The second-order valence-electron chi connectivity index (χ2n) is 9.04. The number of rotatable bonds is 6. The average molecular weight is 540 g/mol. The van der Waals surface area contributed by atoms with Crippen LogP contribution in [0.25, 0.3) is 0 Å². The number of carboxylic acid groups (broad SMARTS) is 1. The highest BCUT2D eigenvalue weighted by atomic mass is 35.5. The highest BCUT2D eigenvalue weighted by molar-refractivity contribution is 6.30. The first kappa shape index (κ1) is 26.9. The van der Waals surface area contributed by atoms with E-state index in [9.17, 15) is 27.6 Å². The molecule has 1 aromatic carbocycles. The second-order valence-corrected chi connectivity index (χ2v) is 9.47. The lowest BCUT2D eigenvalue weighted by molar-refractivity contribution is -0.145. The van der Waals surface area contributed by atoms with E-state index in [4.69, 9.17) is 21.4 Å². The zero-order valence-corrected chi connectivity index (χ0v) is 20.5. The summed E-state index contributed by atoms with van der Waals surface area (Å²) < 4.78 is 45.7. The zero-order valence-electron chi connectivity index (χ0n) is 19.7. The molecule has 8 nitrogen and oxygen atoms in total. The van der Waals surface area contributed by atoms with Crippen molar-refractivity contribution >= 4 is 29.4 Å². The van der Waals surface area contributed by atoms with Crippen molar-refractivity contribution in [1.29, 1.82) is 0 Å². The third-order valence-corrected chi connectivity index (χ3v) is 6.86. The van der Waals surface area contributed by atoms with E-state index in [0.717, 1.165) is 29.5 Å². The van der Waals surface area contributed by atoms with Crippen molar-refractivity contribution in [3.05, 3.63) is 63.9 Å². The molecule has 4 rings (SSSR count). The summed E-state index contributed by atoms with van der Waals surface area (Å²) in [7, 11) is 0. The van der Waals surface area contributed by atoms with Crippen LogP contribution in [0.5, 0.6) is 0 Å². The molecule has 37 heavy (non-hydrogen) atoms. The molecule has 0 aliphatic carbocycles. The molecule has 0 radical (unpaired) electrons. The number of nitrogens with zero attached hydrogens (tertiary/aromatic N) is 3. The maximum atomic E-state index is 13.7. The number of halogens is 4. The molecule has 2 unspecified atom stereocenters. The Balaban J connectivity index is 1.54. The van der Waals surface area contributed by atoms with Gasteiger partial charge < -0.3 is 19.6 Å². The van der Waals surface area contributed by atoms with Gasteiger partial charge in [0, 0.05) is 30.9 Å². The van der Waals surface area contributed by atoms with Crippen LogP contribution in [0.2, 0.25) is 5.02 Å². The molecule has 1 N–H and O–H groups in total. The normalized spacial score (nSPS) is 19.9. The van der Waals surface area contributed by atoms with E-state index in [2.05, 4.69) is 4.98 Å². The van der Waals surface area contributed by atoms with Gasteiger partial charge in [0.2, 0.25) is 5.91 Å². The van der Waals surface area contributed by atoms with Gasteiger partial charge in [-0.3, -0.25) is 14.6 Å². The Hall–Kier alpha value is -3.18. The number of ether oxygens (including phenoxy) is 1. The van der Waals surface area contributed by atoms with Crippen LogP contribution in [0.3, 0.4) is 0 Å². The molecule has 1 aromatic heterocycles. The fourth-order valence-corrected chi connectivity index (χ4v) is 5.13. The van der Waals surface area contributed by atoms with Crippen LogP contribution in [0.15, 0.2) is 36.5 Å². The van der Waals surface area contributed by atoms with Crippen LogP contribution in [0.1, 0.15) is 46.1 Å². The van der Waals surface area contributed by atoms with E-state index in [0.29, 0.717) is 30.8 Å². The highest BCUT2D eigenvalue weighted by Crippen LogP contribution is 2.35. The van der Waals surface area contributed by atoms with Crippen LogP contribution in [-0.4, -0.2) is 70.5 Å². The standard InChI is InChI=1S/C25H25ClF3N3O5/c26-17-5-6-18-15(11-17)7-10-32(20(18)13-37-14-21(33)34)23(35)16-3-2-9-31(12-16)24(36)22-19(25(27,28)29)4-1-8-30-22/h1,4-6,8,11,16,20H,2-3,7,9-10,12-14H2,(H,33,34). The van der Waals surface area contributed by atoms with Crippen LogP contribution in [0, 0.1) is 5.92 Å². The molecule has 2 atom stereocenters. The maximum Gasteiger partial charge on any atom is 0.418 e. The number of aliphatic carboxylic acids is 1. The summed E-state index contributed by atoms with van der Waals surface area (Å²) in [5.74, 6) is -2.91. The number of carbonyl (C=O) groups excluding carboxylic acids is 2. The molecule has 3 heterocycles. The predicted octanol–water partition coefficient (Wildman–Crippen LogP) is 3.83. The van der Waals surface area contributed by atoms with E-state index in [1.54, 1.807) is 23.1 Å². The number of benzene rings is 1. The number of piperidine rings is 1. The number of carboxylic acids is 1. The molecular weight excluding hydrogens is 515 g/mol. The van der Waals surface area contributed by atoms with Gasteiger partial charge in [0.25, 0.3) is 5.91 Å². The van der Waals surface area contributed by atoms with Crippen molar-refractivity contribution in [1.82, 2.24) is 14.8 Å². The van der Waals surface area contributed by atoms with Gasteiger partial charge in [-0.15, -0.1) is 0 Å². The predicted molar refractivity (Wildman–Crippen MR) is 126 cm³/mol. The van der Waals surface area contributed by atoms with E-state index in [-0.39, 0.29) is 25.6 Å². The maximum absolute atomic E-state index is 13.7. The minimum atomic E-state index is -4.74. The molecule has 2 amide bonds. The summed E-state index contributed by atoms with van der Waals surface area (Å²) in [6.07, 6.45) is -2.18. The summed E-state index contributed by atoms with van der Waals surface area (Å²) in [5.41, 5.74) is -0.0839. The zero-order chi connectivity index (χ0) is 26.7. The first-order valence-corrected chi connectivity index (χ1v) is 12.1. The number of carbonyl (C=O) groups is 3. The molecule has 1 saturated heterocycles. The third kappa shape index (κ3) is 6.04. The van der Waals surface area contributed by atoms with Gasteiger partial charge in [0.05, 0.1) is 24.1 Å². The Morgan fingerprint density at radius 2 is 1.97 bits per heavy atom. The van der Waals surface area contributed by atoms with E-state index >= 15 is 0 Å². The minimum Gasteiger partial charge on any atom is -0.480 e. The molecule has 2 aliphatic heterocycles. The molecule has 0 bridgehead atoms.